The second-order valence-electron chi connectivity index (χ2n) is 7.08. The Labute approximate surface area is 185 Å². The first kappa shape index (κ1) is 21.4. The lowest BCUT2D eigenvalue weighted by Crippen LogP contribution is -2.37. The number of pyridine rings is 2. The van der Waals surface area contributed by atoms with Crippen LogP contribution in [0.25, 0.3) is 22.5 Å². The number of anilines is 3. The number of nitrogens with zero attached hydrogens (tertiary/aromatic N) is 6. The van der Waals surface area contributed by atoms with Gasteiger partial charge in [-0.25, -0.2) is 28.4 Å². The van der Waals surface area contributed by atoms with Crippen LogP contribution in [0.2, 0.25) is 0 Å². The van der Waals surface area contributed by atoms with E-state index in [1.54, 1.807) is 18.2 Å². The molecule has 1 aliphatic rings. The lowest BCUT2D eigenvalue weighted by molar-refractivity contribution is 0.122. The molecule has 12 heteroatoms. The molecule has 0 aliphatic carbocycles. The molecule has 3 aromatic heterocycles. The molecule has 0 saturated carbocycles. The van der Waals surface area contributed by atoms with Crippen molar-refractivity contribution in [3.63, 3.8) is 0 Å². The number of nitriles is 1. The molecule has 164 valence electrons. The van der Waals surface area contributed by atoms with E-state index < -0.39 is 10.0 Å². The Morgan fingerprint density at radius 1 is 1.16 bits per heavy atom. The van der Waals surface area contributed by atoms with Gasteiger partial charge in [0.1, 0.15) is 17.7 Å². The van der Waals surface area contributed by atoms with Crippen molar-refractivity contribution in [2.75, 3.05) is 47.9 Å². The van der Waals surface area contributed by atoms with E-state index in [2.05, 4.69) is 30.7 Å². The average Bonchev–Trinajstić information content (AvgIpc) is 2.78. The normalized spacial score (nSPS) is 14.1. The molecule has 32 heavy (non-hydrogen) atoms. The molecule has 0 amide bonds. The highest BCUT2D eigenvalue weighted by molar-refractivity contribution is 7.92. The SMILES string of the molecule is CS(=O)(=O)Nc1ncccc1-c1cc(-c2cnc(N)cc2C#N)nc(N2CCOCC2)n1. The zero-order chi connectivity index (χ0) is 22.7. The molecule has 0 aromatic carbocycles. The van der Waals surface area contributed by atoms with Crippen LogP contribution in [0.15, 0.2) is 36.7 Å². The lowest BCUT2D eigenvalue weighted by atomic mass is 10.1. The van der Waals surface area contributed by atoms with Gasteiger partial charge in [-0.3, -0.25) is 4.72 Å². The minimum atomic E-state index is -3.57. The zero-order valence-corrected chi connectivity index (χ0v) is 18.0. The molecular formula is C20H20N8O3S. The van der Waals surface area contributed by atoms with Crippen LogP contribution in [0.5, 0.6) is 0 Å². The van der Waals surface area contributed by atoms with Crippen LogP contribution in [-0.2, 0) is 14.8 Å². The fraction of sp³-hybridized carbons (Fsp3) is 0.250. The minimum Gasteiger partial charge on any atom is -0.384 e. The summed E-state index contributed by atoms with van der Waals surface area (Å²) in [5.74, 6) is 0.791. The van der Waals surface area contributed by atoms with E-state index in [1.165, 1.54) is 18.5 Å². The Bertz CT molecular complexity index is 1300. The maximum Gasteiger partial charge on any atom is 0.230 e. The smallest absolute Gasteiger partial charge is 0.230 e. The van der Waals surface area contributed by atoms with Gasteiger partial charge in [0, 0.05) is 36.6 Å². The van der Waals surface area contributed by atoms with Crippen molar-refractivity contribution in [1.29, 1.82) is 5.26 Å². The molecule has 1 saturated heterocycles. The van der Waals surface area contributed by atoms with Gasteiger partial charge in [0.2, 0.25) is 16.0 Å². The molecule has 3 N–H and O–H groups in total. The third-order valence-electron chi connectivity index (χ3n) is 4.70. The van der Waals surface area contributed by atoms with Gasteiger partial charge in [-0.1, -0.05) is 0 Å². The molecule has 0 radical (unpaired) electrons. The molecule has 4 heterocycles. The van der Waals surface area contributed by atoms with Crippen molar-refractivity contribution in [2.24, 2.45) is 0 Å². The first-order chi connectivity index (χ1) is 15.3. The van der Waals surface area contributed by atoms with Crippen LogP contribution in [0.1, 0.15) is 5.56 Å². The predicted octanol–water partition coefficient (Wildman–Crippen LogP) is 1.26. The van der Waals surface area contributed by atoms with E-state index in [0.717, 1.165) is 6.26 Å². The summed E-state index contributed by atoms with van der Waals surface area (Å²) in [7, 11) is -3.57. The van der Waals surface area contributed by atoms with Crippen LogP contribution < -0.4 is 15.4 Å². The van der Waals surface area contributed by atoms with E-state index in [9.17, 15) is 13.7 Å². The summed E-state index contributed by atoms with van der Waals surface area (Å²) >= 11 is 0. The minimum absolute atomic E-state index is 0.142. The van der Waals surface area contributed by atoms with Crippen molar-refractivity contribution in [3.8, 4) is 28.6 Å². The van der Waals surface area contributed by atoms with Gasteiger partial charge in [-0.2, -0.15) is 5.26 Å². The number of hydrogen-bond donors (Lipinski definition) is 2. The maximum atomic E-state index is 11.8. The Hall–Kier alpha value is -3.82. The van der Waals surface area contributed by atoms with Gasteiger partial charge < -0.3 is 15.4 Å². The Morgan fingerprint density at radius 3 is 2.56 bits per heavy atom. The summed E-state index contributed by atoms with van der Waals surface area (Å²) in [4.78, 5) is 19.6. The molecule has 3 aromatic rings. The van der Waals surface area contributed by atoms with Gasteiger partial charge in [-0.05, 0) is 24.3 Å². The van der Waals surface area contributed by atoms with E-state index >= 15 is 0 Å². The third kappa shape index (κ3) is 4.74. The van der Waals surface area contributed by atoms with Gasteiger partial charge in [0.15, 0.2) is 0 Å². The highest BCUT2D eigenvalue weighted by Crippen LogP contribution is 2.31. The van der Waals surface area contributed by atoms with Gasteiger partial charge >= 0.3 is 0 Å². The third-order valence-corrected chi connectivity index (χ3v) is 5.26. The number of rotatable bonds is 5. The lowest BCUT2D eigenvalue weighted by Gasteiger charge is -2.27. The number of nitrogen functional groups attached to an aromatic ring is 1. The number of nitrogens with two attached hydrogens (primary N) is 1. The quantitative estimate of drug-likeness (QED) is 0.577. The summed E-state index contributed by atoms with van der Waals surface area (Å²) in [6.07, 6.45) is 4.02. The highest BCUT2D eigenvalue weighted by Gasteiger charge is 2.20. The number of aromatic nitrogens is 4. The molecule has 0 spiro atoms. The molecule has 1 fully saturated rings. The van der Waals surface area contributed by atoms with E-state index in [0.29, 0.717) is 60.3 Å². The standard InChI is InChI=1S/C20H20N8O3S/c1-32(29,30)27-19-14(3-2-4-23-19)16-10-17(15-12-24-18(22)9-13(15)11-21)26-20(25-16)28-5-7-31-8-6-28/h2-4,9-10,12H,5-8H2,1H3,(H2,22,24)(H,23,27). The summed E-state index contributed by atoms with van der Waals surface area (Å²) in [6.45, 7) is 2.25. The zero-order valence-electron chi connectivity index (χ0n) is 17.2. The summed E-state index contributed by atoms with van der Waals surface area (Å²) in [5, 5.41) is 9.59. The van der Waals surface area contributed by atoms with Crippen LogP contribution in [0, 0.1) is 11.3 Å². The van der Waals surface area contributed by atoms with E-state index in [4.69, 9.17) is 10.5 Å². The van der Waals surface area contributed by atoms with Crippen LogP contribution in [-0.4, -0.2) is 60.9 Å². The van der Waals surface area contributed by atoms with Gasteiger partial charge in [0.05, 0.1) is 36.4 Å². The van der Waals surface area contributed by atoms with Crippen molar-refractivity contribution in [2.45, 2.75) is 0 Å². The number of ether oxygens (including phenoxy) is 1. The number of morpholine rings is 1. The van der Waals surface area contributed by atoms with Crippen LogP contribution >= 0.6 is 0 Å². The average molecular weight is 453 g/mol. The molecule has 4 rings (SSSR count). The molecule has 0 atom stereocenters. The predicted molar refractivity (Wildman–Crippen MR) is 119 cm³/mol. The molecular weight excluding hydrogens is 432 g/mol. The van der Waals surface area contributed by atoms with Crippen LogP contribution in [0.3, 0.4) is 0 Å². The fourth-order valence-corrected chi connectivity index (χ4v) is 3.77. The molecule has 0 bridgehead atoms. The summed E-state index contributed by atoms with van der Waals surface area (Å²) < 4.78 is 31.5. The number of nitrogens with one attached hydrogen (secondary N) is 1. The maximum absolute atomic E-state index is 11.8. The van der Waals surface area contributed by atoms with Crippen molar-refractivity contribution in [1.82, 2.24) is 19.9 Å². The van der Waals surface area contributed by atoms with Crippen molar-refractivity contribution < 1.29 is 13.2 Å². The first-order valence-electron chi connectivity index (χ1n) is 9.65. The van der Waals surface area contributed by atoms with E-state index in [-0.39, 0.29) is 11.6 Å². The van der Waals surface area contributed by atoms with Crippen molar-refractivity contribution in [3.05, 3.63) is 42.2 Å². The highest BCUT2D eigenvalue weighted by atomic mass is 32.2. The largest absolute Gasteiger partial charge is 0.384 e. The monoisotopic (exact) mass is 452 g/mol. The number of sulfonamides is 1. The van der Waals surface area contributed by atoms with E-state index in [1.807, 2.05) is 4.90 Å². The molecule has 11 nitrogen and oxygen atoms in total. The number of hydrogen-bond acceptors (Lipinski definition) is 10. The summed E-state index contributed by atoms with van der Waals surface area (Å²) in [6, 6.07) is 8.66. The Morgan fingerprint density at radius 2 is 1.88 bits per heavy atom. The Kier molecular flexibility index (Phi) is 5.85. The van der Waals surface area contributed by atoms with Crippen LogP contribution in [0.4, 0.5) is 17.6 Å². The topological polar surface area (TPSA) is 160 Å². The Balaban J connectivity index is 1.91. The second-order valence-corrected chi connectivity index (χ2v) is 8.83. The second kappa shape index (κ2) is 8.74. The molecule has 0 unspecified atom stereocenters. The fourth-order valence-electron chi connectivity index (χ4n) is 3.25. The van der Waals surface area contributed by atoms with Gasteiger partial charge in [0.25, 0.3) is 0 Å². The van der Waals surface area contributed by atoms with Gasteiger partial charge in [-0.15, -0.1) is 0 Å². The van der Waals surface area contributed by atoms with Crippen molar-refractivity contribution >= 4 is 27.6 Å². The molecule has 1 aliphatic heterocycles. The summed E-state index contributed by atoms with van der Waals surface area (Å²) in [5.41, 5.74) is 7.90. The first-order valence-corrected chi connectivity index (χ1v) is 11.5.